The first-order chi connectivity index (χ1) is 10.4. The number of nitrogens with one attached hydrogen (secondary N) is 1. The van der Waals surface area contributed by atoms with Gasteiger partial charge in [0.25, 0.3) is 0 Å². The zero-order valence-corrected chi connectivity index (χ0v) is 11.5. The molecule has 102 valence electrons. The molecule has 0 fully saturated rings. The quantitative estimate of drug-likeness (QED) is 0.555. The summed E-state index contributed by atoms with van der Waals surface area (Å²) in [6.07, 6.45) is 0. The number of hydrogen-bond acceptors (Lipinski definition) is 2. The summed E-state index contributed by atoms with van der Waals surface area (Å²) in [4.78, 5) is 0. The molecule has 2 heteroatoms. The zero-order chi connectivity index (χ0) is 14.1. The first-order valence-electron chi connectivity index (χ1n) is 7.09. The maximum absolute atomic E-state index is 5.84. The minimum atomic E-state index is 0.683. The summed E-state index contributed by atoms with van der Waals surface area (Å²) in [5.41, 5.74) is 2.07. The van der Waals surface area contributed by atoms with Gasteiger partial charge in [0.15, 0.2) is 0 Å². The Morgan fingerprint density at radius 1 is 0.762 bits per heavy atom. The number of para-hydroxylation sites is 1. The van der Waals surface area contributed by atoms with Crippen LogP contribution in [0.15, 0.2) is 77.2 Å². The van der Waals surface area contributed by atoms with Crippen LogP contribution in [0, 0.1) is 0 Å². The standard InChI is InChI=1S/C19H15NO/c1-3-9-17-14(6-1)8-5-10-18(17)20-13-16-12-15-7-2-4-11-19(15)21-16/h1-12,20H,13H2. The minimum absolute atomic E-state index is 0.683. The van der Waals surface area contributed by atoms with E-state index in [-0.39, 0.29) is 0 Å². The fourth-order valence-electron chi connectivity index (χ4n) is 2.69. The third-order valence-electron chi connectivity index (χ3n) is 3.72. The fourth-order valence-corrected chi connectivity index (χ4v) is 2.69. The average molecular weight is 273 g/mol. The summed E-state index contributed by atoms with van der Waals surface area (Å²) >= 11 is 0. The van der Waals surface area contributed by atoms with Crippen LogP contribution in [-0.4, -0.2) is 0 Å². The molecule has 0 aliphatic heterocycles. The van der Waals surface area contributed by atoms with Crippen molar-refractivity contribution in [2.24, 2.45) is 0 Å². The van der Waals surface area contributed by atoms with E-state index < -0.39 is 0 Å². The molecule has 4 rings (SSSR count). The lowest BCUT2D eigenvalue weighted by Crippen LogP contribution is -1.98. The molecule has 0 radical (unpaired) electrons. The minimum Gasteiger partial charge on any atom is -0.459 e. The molecule has 0 aliphatic carbocycles. The Bertz CT molecular complexity index is 869. The molecule has 0 aliphatic rings. The van der Waals surface area contributed by atoms with Gasteiger partial charge in [0.2, 0.25) is 0 Å². The molecule has 1 aromatic heterocycles. The number of benzene rings is 3. The average Bonchev–Trinajstić information content (AvgIpc) is 2.96. The smallest absolute Gasteiger partial charge is 0.134 e. The molecule has 0 saturated heterocycles. The van der Waals surface area contributed by atoms with Crippen molar-refractivity contribution in [3.05, 3.63) is 78.6 Å². The van der Waals surface area contributed by atoms with E-state index in [9.17, 15) is 0 Å². The van der Waals surface area contributed by atoms with E-state index >= 15 is 0 Å². The van der Waals surface area contributed by atoms with Gasteiger partial charge in [0.1, 0.15) is 11.3 Å². The predicted molar refractivity (Wildman–Crippen MR) is 87.5 cm³/mol. The highest BCUT2D eigenvalue weighted by atomic mass is 16.3. The van der Waals surface area contributed by atoms with Crippen molar-refractivity contribution in [2.75, 3.05) is 5.32 Å². The Morgan fingerprint density at radius 2 is 1.52 bits per heavy atom. The third-order valence-corrected chi connectivity index (χ3v) is 3.72. The molecule has 0 saturated carbocycles. The van der Waals surface area contributed by atoms with E-state index in [4.69, 9.17) is 4.42 Å². The number of rotatable bonds is 3. The second-order valence-electron chi connectivity index (χ2n) is 5.13. The maximum Gasteiger partial charge on any atom is 0.134 e. The molecule has 1 heterocycles. The number of fused-ring (bicyclic) bond motifs is 2. The molecule has 21 heavy (non-hydrogen) atoms. The molecular weight excluding hydrogens is 258 g/mol. The van der Waals surface area contributed by atoms with Crippen molar-refractivity contribution in [2.45, 2.75) is 6.54 Å². The molecule has 4 aromatic rings. The van der Waals surface area contributed by atoms with Gasteiger partial charge in [-0.3, -0.25) is 0 Å². The van der Waals surface area contributed by atoms with E-state index in [0.717, 1.165) is 22.4 Å². The fraction of sp³-hybridized carbons (Fsp3) is 0.0526. The molecule has 0 amide bonds. The summed E-state index contributed by atoms with van der Waals surface area (Å²) in [6.45, 7) is 0.683. The maximum atomic E-state index is 5.84. The molecule has 0 bridgehead atoms. The molecule has 3 aromatic carbocycles. The van der Waals surface area contributed by atoms with Crippen LogP contribution in [0.4, 0.5) is 5.69 Å². The largest absolute Gasteiger partial charge is 0.459 e. The lowest BCUT2D eigenvalue weighted by Gasteiger charge is -2.08. The predicted octanol–water partition coefficient (Wildman–Crippen LogP) is 5.20. The molecule has 1 N–H and O–H groups in total. The molecule has 2 nitrogen and oxygen atoms in total. The van der Waals surface area contributed by atoms with Crippen LogP contribution in [0.3, 0.4) is 0 Å². The lowest BCUT2D eigenvalue weighted by molar-refractivity contribution is 0.559. The van der Waals surface area contributed by atoms with Crippen molar-refractivity contribution < 1.29 is 4.42 Å². The summed E-state index contributed by atoms with van der Waals surface area (Å²) in [5.74, 6) is 0.948. The van der Waals surface area contributed by atoms with Crippen LogP contribution in [-0.2, 0) is 6.54 Å². The van der Waals surface area contributed by atoms with E-state index in [0.29, 0.717) is 6.54 Å². The van der Waals surface area contributed by atoms with Gasteiger partial charge in [-0.15, -0.1) is 0 Å². The first kappa shape index (κ1) is 12.0. The SMILES string of the molecule is c1ccc2oc(CNc3cccc4ccccc34)cc2c1. The van der Waals surface area contributed by atoms with Crippen LogP contribution < -0.4 is 5.32 Å². The van der Waals surface area contributed by atoms with Crippen molar-refractivity contribution in [1.82, 2.24) is 0 Å². The highest BCUT2D eigenvalue weighted by Crippen LogP contribution is 2.24. The van der Waals surface area contributed by atoms with Gasteiger partial charge in [0, 0.05) is 16.5 Å². The van der Waals surface area contributed by atoms with Gasteiger partial charge in [-0.05, 0) is 23.6 Å². The van der Waals surface area contributed by atoms with Gasteiger partial charge in [0.05, 0.1) is 6.54 Å². The van der Waals surface area contributed by atoms with Crippen LogP contribution in [0.25, 0.3) is 21.7 Å². The van der Waals surface area contributed by atoms with Crippen LogP contribution in [0.2, 0.25) is 0 Å². The summed E-state index contributed by atoms with van der Waals surface area (Å²) in [7, 11) is 0. The summed E-state index contributed by atoms with van der Waals surface area (Å²) in [6, 6.07) is 24.9. The highest BCUT2D eigenvalue weighted by molar-refractivity contribution is 5.93. The number of furan rings is 1. The van der Waals surface area contributed by atoms with E-state index in [1.807, 2.05) is 18.2 Å². The Kier molecular flexibility index (Phi) is 2.86. The van der Waals surface area contributed by atoms with Crippen LogP contribution >= 0.6 is 0 Å². The van der Waals surface area contributed by atoms with Crippen molar-refractivity contribution in [1.29, 1.82) is 0 Å². The van der Waals surface area contributed by atoms with Crippen LogP contribution in [0.1, 0.15) is 5.76 Å². The first-order valence-corrected chi connectivity index (χ1v) is 7.09. The van der Waals surface area contributed by atoms with Crippen LogP contribution in [0.5, 0.6) is 0 Å². The lowest BCUT2D eigenvalue weighted by atomic mass is 10.1. The summed E-state index contributed by atoms with van der Waals surface area (Å²) < 4.78 is 5.84. The second kappa shape index (κ2) is 4.98. The molecule has 0 spiro atoms. The number of hydrogen-bond donors (Lipinski definition) is 1. The third kappa shape index (κ3) is 2.25. The molecule has 0 unspecified atom stereocenters. The van der Waals surface area contributed by atoms with Gasteiger partial charge < -0.3 is 9.73 Å². The Balaban J connectivity index is 1.63. The Morgan fingerprint density at radius 3 is 2.43 bits per heavy atom. The zero-order valence-electron chi connectivity index (χ0n) is 11.5. The van der Waals surface area contributed by atoms with E-state index in [1.54, 1.807) is 0 Å². The Labute approximate surface area is 123 Å². The number of anilines is 1. The van der Waals surface area contributed by atoms with Gasteiger partial charge in [-0.2, -0.15) is 0 Å². The van der Waals surface area contributed by atoms with Crippen molar-refractivity contribution >= 4 is 27.4 Å². The normalized spacial score (nSPS) is 11.0. The monoisotopic (exact) mass is 273 g/mol. The van der Waals surface area contributed by atoms with Gasteiger partial charge in [-0.1, -0.05) is 54.6 Å². The molecule has 0 atom stereocenters. The van der Waals surface area contributed by atoms with E-state index in [1.165, 1.54) is 10.8 Å². The summed E-state index contributed by atoms with van der Waals surface area (Å²) in [5, 5.41) is 7.09. The van der Waals surface area contributed by atoms with Gasteiger partial charge >= 0.3 is 0 Å². The topological polar surface area (TPSA) is 25.2 Å². The van der Waals surface area contributed by atoms with Crippen molar-refractivity contribution in [3.8, 4) is 0 Å². The second-order valence-corrected chi connectivity index (χ2v) is 5.13. The van der Waals surface area contributed by atoms with E-state index in [2.05, 4.69) is 59.9 Å². The van der Waals surface area contributed by atoms with Gasteiger partial charge in [-0.25, -0.2) is 0 Å². The molecular formula is C19H15NO. The van der Waals surface area contributed by atoms with Crippen molar-refractivity contribution in [3.63, 3.8) is 0 Å². The highest BCUT2D eigenvalue weighted by Gasteiger charge is 2.04. The Hall–Kier alpha value is -2.74.